The first-order valence-corrected chi connectivity index (χ1v) is 7.53. The fourth-order valence-corrected chi connectivity index (χ4v) is 2.74. The van der Waals surface area contributed by atoms with Crippen molar-refractivity contribution in [1.82, 2.24) is 9.97 Å². The van der Waals surface area contributed by atoms with Crippen molar-refractivity contribution in [1.29, 1.82) is 0 Å². The minimum atomic E-state index is -0.825. The molecule has 0 aliphatic carbocycles. The third kappa shape index (κ3) is 2.62. The van der Waals surface area contributed by atoms with Crippen molar-refractivity contribution in [2.75, 3.05) is 11.6 Å². The summed E-state index contributed by atoms with van der Waals surface area (Å²) in [4.78, 5) is 8.47. The van der Waals surface area contributed by atoms with Gasteiger partial charge in [-0.1, -0.05) is 17.7 Å². The highest BCUT2D eigenvalue weighted by Gasteiger charge is 2.27. The van der Waals surface area contributed by atoms with Gasteiger partial charge in [0.2, 0.25) is 5.95 Å². The molecule has 1 aromatic carbocycles. The molecule has 0 saturated carbocycles. The average molecular weight is 308 g/mol. The number of nitrogens with one attached hydrogen (secondary N) is 1. The van der Waals surface area contributed by atoms with E-state index in [1.54, 1.807) is 6.20 Å². The summed E-state index contributed by atoms with van der Waals surface area (Å²) in [6.45, 7) is 0.406. The Morgan fingerprint density at radius 3 is 3.15 bits per heavy atom. The summed E-state index contributed by atoms with van der Waals surface area (Å²) in [6.07, 6.45) is 3.48. The van der Waals surface area contributed by atoms with E-state index in [-0.39, 0.29) is 0 Å². The molecule has 2 heterocycles. The third-order valence-corrected chi connectivity index (χ3v) is 4.05. The summed E-state index contributed by atoms with van der Waals surface area (Å²) < 4.78 is 5.16. The van der Waals surface area contributed by atoms with Crippen LogP contribution in [0, 0.1) is 0 Å². The predicted octanol–water partition coefficient (Wildman–Crippen LogP) is 1.81. The fraction of sp³-hybridized carbons (Fsp3) is 0.167. The van der Waals surface area contributed by atoms with Gasteiger partial charge < -0.3 is 15.0 Å². The maximum Gasteiger partial charge on any atom is 0.491 e. The van der Waals surface area contributed by atoms with Crippen LogP contribution in [0.5, 0.6) is 0 Å². The molecule has 0 radical (unpaired) electrons. The number of thioether (sulfide) groups is 1. The lowest BCUT2D eigenvalue weighted by atomic mass is 9.79. The van der Waals surface area contributed by atoms with Gasteiger partial charge >= 0.3 is 7.12 Å². The number of nitrogens with zero attached hydrogens (tertiary/aromatic N) is 2. The number of aromatic nitrogens is 2. The van der Waals surface area contributed by atoms with Crippen molar-refractivity contribution >= 4 is 47.6 Å². The summed E-state index contributed by atoms with van der Waals surface area (Å²) in [5.74, 6) is 0.484. The van der Waals surface area contributed by atoms with Crippen LogP contribution in [0.2, 0.25) is 5.02 Å². The highest BCUT2D eigenvalue weighted by atomic mass is 35.5. The Morgan fingerprint density at radius 1 is 1.50 bits per heavy atom. The summed E-state index contributed by atoms with van der Waals surface area (Å²) in [7, 11) is -0.825. The molecular formula is C12H11BClN3O2S. The Kier molecular flexibility index (Phi) is 3.84. The monoisotopic (exact) mass is 307 g/mol. The van der Waals surface area contributed by atoms with Crippen molar-refractivity contribution in [2.45, 2.75) is 11.6 Å². The largest absolute Gasteiger partial charge is 0.491 e. The Morgan fingerprint density at radius 2 is 2.35 bits per heavy atom. The quantitative estimate of drug-likeness (QED) is 0.512. The smallest absolute Gasteiger partial charge is 0.423 e. The molecule has 0 spiro atoms. The van der Waals surface area contributed by atoms with E-state index in [9.17, 15) is 5.02 Å². The standard InChI is InChI=1S/C12H11BClN3O2S/c1-20-11-10(14)5-15-12(17-11)16-8-2-3-9-7(4-8)6-19-13(9)18/h2-5,18H,6H2,1H3,(H,15,16,17). The molecule has 2 N–H and O–H groups in total. The number of fused-ring (bicyclic) bond motifs is 1. The van der Waals surface area contributed by atoms with Crippen LogP contribution in [0.1, 0.15) is 5.56 Å². The van der Waals surface area contributed by atoms with Gasteiger partial charge in [-0.25, -0.2) is 9.97 Å². The molecule has 1 aliphatic rings. The topological polar surface area (TPSA) is 67.3 Å². The van der Waals surface area contributed by atoms with E-state index in [1.807, 2.05) is 24.5 Å². The van der Waals surface area contributed by atoms with Gasteiger partial charge in [0.15, 0.2) is 0 Å². The van der Waals surface area contributed by atoms with Gasteiger partial charge in [0.05, 0.1) is 17.8 Å². The van der Waals surface area contributed by atoms with Gasteiger partial charge in [0, 0.05) is 5.69 Å². The third-order valence-electron chi connectivity index (χ3n) is 2.97. The van der Waals surface area contributed by atoms with Crippen LogP contribution in [0.25, 0.3) is 0 Å². The molecule has 1 aliphatic heterocycles. The molecule has 3 rings (SSSR count). The van der Waals surface area contributed by atoms with Gasteiger partial charge in [-0.2, -0.15) is 0 Å². The zero-order valence-electron chi connectivity index (χ0n) is 10.6. The van der Waals surface area contributed by atoms with Crippen molar-refractivity contribution in [3.63, 3.8) is 0 Å². The van der Waals surface area contributed by atoms with Gasteiger partial charge in [0.25, 0.3) is 0 Å². The molecule has 0 fully saturated rings. The maximum absolute atomic E-state index is 9.58. The molecule has 1 aromatic heterocycles. The van der Waals surface area contributed by atoms with Crippen LogP contribution in [0.15, 0.2) is 29.4 Å². The second-order valence-corrected chi connectivity index (χ2v) is 5.45. The number of anilines is 2. The molecule has 0 bridgehead atoms. The van der Waals surface area contributed by atoms with Crippen LogP contribution in [0.3, 0.4) is 0 Å². The first-order valence-electron chi connectivity index (χ1n) is 5.93. The average Bonchev–Trinajstić information content (AvgIpc) is 2.82. The maximum atomic E-state index is 9.58. The lowest BCUT2D eigenvalue weighted by molar-refractivity contribution is 0.275. The summed E-state index contributed by atoms with van der Waals surface area (Å²) in [6, 6.07) is 5.61. The van der Waals surface area contributed by atoms with Crippen molar-refractivity contribution < 1.29 is 9.68 Å². The summed E-state index contributed by atoms with van der Waals surface area (Å²) in [5.41, 5.74) is 2.61. The lowest BCUT2D eigenvalue weighted by Gasteiger charge is -2.08. The van der Waals surface area contributed by atoms with Crippen molar-refractivity contribution in [3.8, 4) is 0 Å². The predicted molar refractivity (Wildman–Crippen MR) is 80.9 cm³/mol. The minimum Gasteiger partial charge on any atom is -0.423 e. The summed E-state index contributed by atoms with van der Waals surface area (Å²) >= 11 is 7.44. The molecule has 102 valence electrons. The van der Waals surface area contributed by atoms with E-state index in [0.29, 0.717) is 17.6 Å². The van der Waals surface area contributed by atoms with Crippen LogP contribution >= 0.6 is 23.4 Å². The molecule has 0 amide bonds. The van der Waals surface area contributed by atoms with Crippen LogP contribution < -0.4 is 10.8 Å². The molecule has 0 saturated heterocycles. The van der Waals surface area contributed by atoms with Crippen LogP contribution in [0.4, 0.5) is 11.6 Å². The van der Waals surface area contributed by atoms with Crippen LogP contribution in [-0.2, 0) is 11.3 Å². The fourth-order valence-electron chi connectivity index (χ4n) is 1.99. The number of halogens is 1. The SMILES string of the molecule is CSc1nc(Nc2ccc3c(c2)COB3O)ncc1Cl. The minimum absolute atomic E-state index is 0.406. The van der Waals surface area contributed by atoms with E-state index in [0.717, 1.165) is 21.7 Å². The Bertz CT molecular complexity index is 659. The number of hydrogen-bond donors (Lipinski definition) is 2. The van der Waals surface area contributed by atoms with Crippen molar-refractivity contribution in [3.05, 3.63) is 35.0 Å². The number of hydrogen-bond acceptors (Lipinski definition) is 6. The number of benzene rings is 1. The molecule has 20 heavy (non-hydrogen) atoms. The lowest BCUT2D eigenvalue weighted by Crippen LogP contribution is -2.27. The second-order valence-electron chi connectivity index (χ2n) is 4.25. The van der Waals surface area contributed by atoms with E-state index in [4.69, 9.17) is 16.3 Å². The molecule has 0 unspecified atom stereocenters. The van der Waals surface area contributed by atoms with Gasteiger partial charge in [0.1, 0.15) is 5.03 Å². The highest BCUT2D eigenvalue weighted by molar-refractivity contribution is 7.98. The van der Waals surface area contributed by atoms with E-state index in [2.05, 4.69) is 15.3 Å². The van der Waals surface area contributed by atoms with Crippen molar-refractivity contribution in [2.24, 2.45) is 0 Å². The zero-order chi connectivity index (χ0) is 14.1. The Labute approximate surface area is 125 Å². The molecule has 8 heteroatoms. The van der Waals surface area contributed by atoms with E-state index >= 15 is 0 Å². The van der Waals surface area contributed by atoms with E-state index in [1.165, 1.54) is 11.8 Å². The number of rotatable bonds is 3. The second kappa shape index (κ2) is 5.61. The molecule has 5 nitrogen and oxygen atoms in total. The van der Waals surface area contributed by atoms with Crippen LogP contribution in [-0.4, -0.2) is 28.4 Å². The molecular weight excluding hydrogens is 296 g/mol. The van der Waals surface area contributed by atoms with Gasteiger partial charge in [-0.15, -0.1) is 11.8 Å². The Hall–Kier alpha value is -1.28. The normalized spacial score (nSPS) is 13.4. The Balaban J connectivity index is 1.85. The molecule has 0 atom stereocenters. The first-order chi connectivity index (χ1) is 9.67. The van der Waals surface area contributed by atoms with Gasteiger partial charge in [-0.3, -0.25) is 0 Å². The van der Waals surface area contributed by atoms with Gasteiger partial charge in [-0.05, 0) is 29.4 Å². The van der Waals surface area contributed by atoms with E-state index < -0.39 is 7.12 Å². The summed E-state index contributed by atoms with van der Waals surface area (Å²) in [5, 5.41) is 14.0. The molecule has 2 aromatic rings. The highest BCUT2D eigenvalue weighted by Crippen LogP contribution is 2.24. The zero-order valence-corrected chi connectivity index (χ0v) is 12.2. The first kappa shape index (κ1) is 13.7.